The van der Waals surface area contributed by atoms with E-state index >= 15 is 0 Å². The maximum Gasteiger partial charge on any atom is 0.170 e. The molecule has 2 rings (SSSR count). The SMILES string of the molecule is CCNCc1nnnn1-c1cccc(Br)c1. The van der Waals surface area contributed by atoms with Crippen LogP contribution in [0.1, 0.15) is 12.7 Å². The first-order valence-corrected chi connectivity index (χ1v) is 5.84. The minimum atomic E-state index is 0.663. The number of nitrogens with zero attached hydrogens (tertiary/aromatic N) is 4. The van der Waals surface area contributed by atoms with Crippen molar-refractivity contribution in [1.82, 2.24) is 25.5 Å². The van der Waals surface area contributed by atoms with Gasteiger partial charge in [-0.1, -0.05) is 28.9 Å². The Morgan fingerprint density at radius 3 is 3.06 bits per heavy atom. The summed E-state index contributed by atoms with van der Waals surface area (Å²) in [4.78, 5) is 0. The highest BCUT2D eigenvalue weighted by Gasteiger charge is 2.07. The van der Waals surface area contributed by atoms with Crippen LogP contribution in [0.15, 0.2) is 28.7 Å². The van der Waals surface area contributed by atoms with Gasteiger partial charge in [-0.05, 0) is 35.2 Å². The molecule has 84 valence electrons. The molecule has 0 bridgehead atoms. The number of hydrogen-bond acceptors (Lipinski definition) is 4. The van der Waals surface area contributed by atoms with E-state index in [-0.39, 0.29) is 0 Å². The van der Waals surface area contributed by atoms with E-state index in [4.69, 9.17) is 0 Å². The molecule has 16 heavy (non-hydrogen) atoms. The molecule has 0 aliphatic carbocycles. The summed E-state index contributed by atoms with van der Waals surface area (Å²) in [6, 6.07) is 7.87. The van der Waals surface area contributed by atoms with Crippen LogP contribution in [-0.2, 0) is 6.54 Å². The Hall–Kier alpha value is -1.27. The molecule has 0 atom stereocenters. The van der Waals surface area contributed by atoms with Crippen molar-refractivity contribution >= 4 is 15.9 Å². The second-order valence-corrected chi connectivity index (χ2v) is 4.18. The molecule has 0 amide bonds. The average molecular weight is 282 g/mol. The van der Waals surface area contributed by atoms with Gasteiger partial charge in [0, 0.05) is 4.47 Å². The van der Waals surface area contributed by atoms with Crippen molar-refractivity contribution in [2.24, 2.45) is 0 Å². The molecule has 1 heterocycles. The number of rotatable bonds is 4. The van der Waals surface area contributed by atoms with Crippen LogP contribution in [0.5, 0.6) is 0 Å². The Bertz CT molecular complexity index is 468. The number of halogens is 1. The molecular weight excluding hydrogens is 270 g/mol. The van der Waals surface area contributed by atoms with Crippen LogP contribution in [0.4, 0.5) is 0 Å². The maximum atomic E-state index is 3.98. The lowest BCUT2D eigenvalue weighted by Crippen LogP contribution is -2.16. The molecule has 1 aromatic carbocycles. The summed E-state index contributed by atoms with van der Waals surface area (Å²) in [5, 5.41) is 14.8. The van der Waals surface area contributed by atoms with Gasteiger partial charge in [0.2, 0.25) is 0 Å². The molecular formula is C10H12BrN5. The Labute approximate surface area is 102 Å². The van der Waals surface area contributed by atoms with E-state index in [1.54, 1.807) is 4.68 Å². The number of tetrazole rings is 1. The van der Waals surface area contributed by atoms with E-state index in [1.807, 2.05) is 31.2 Å². The van der Waals surface area contributed by atoms with Gasteiger partial charge < -0.3 is 5.32 Å². The molecule has 0 radical (unpaired) electrons. The number of nitrogens with one attached hydrogen (secondary N) is 1. The van der Waals surface area contributed by atoms with Gasteiger partial charge in [-0.2, -0.15) is 4.68 Å². The van der Waals surface area contributed by atoms with Crippen molar-refractivity contribution in [1.29, 1.82) is 0 Å². The molecule has 0 saturated heterocycles. The molecule has 0 aliphatic heterocycles. The lowest BCUT2D eigenvalue weighted by atomic mass is 10.3. The quantitative estimate of drug-likeness (QED) is 0.924. The molecule has 1 aromatic heterocycles. The summed E-state index contributed by atoms with van der Waals surface area (Å²) in [7, 11) is 0. The van der Waals surface area contributed by atoms with Crippen molar-refractivity contribution in [3.05, 3.63) is 34.6 Å². The number of hydrogen-bond donors (Lipinski definition) is 1. The van der Waals surface area contributed by atoms with Crippen LogP contribution in [0.25, 0.3) is 5.69 Å². The molecule has 0 fully saturated rings. The minimum absolute atomic E-state index is 0.663. The fourth-order valence-electron chi connectivity index (χ4n) is 1.36. The van der Waals surface area contributed by atoms with Gasteiger partial charge in [0.15, 0.2) is 5.82 Å². The third kappa shape index (κ3) is 2.45. The van der Waals surface area contributed by atoms with Gasteiger partial charge in [0.1, 0.15) is 0 Å². The largest absolute Gasteiger partial charge is 0.310 e. The number of aromatic nitrogens is 4. The van der Waals surface area contributed by atoms with Crippen molar-refractivity contribution in [2.45, 2.75) is 13.5 Å². The predicted octanol–water partition coefficient (Wildman–Crippen LogP) is 1.53. The Kier molecular flexibility index (Phi) is 3.63. The van der Waals surface area contributed by atoms with Crippen LogP contribution in [-0.4, -0.2) is 26.8 Å². The number of benzene rings is 1. The van der Waals surface area contributed by atoms with Crippen molar-refractivity contribution in [3.8, 4) is 5.69 Å². The first kappa shape index (κ1) is 11.2. The molecule has 0 saturated carbocycles. The lowest BCUT2D eigenvalue weighted by molar-refractivity contribution is 0.664. The summed E-state index contributed by atoms with van der Waals surface area (Å²) < 4.78 is 2.74. The highest BCUT2D eigenvalue weighted by atomic mass is 79.9. The first-order valence-electron chi connectivity index (χ1n) is 5.05. The van der Waals surface area contributed by atoms with Gasteiger partial charge in [-0.15, -0.1) is 5.10 Å². The highest BCUT2D eigenvalue weighted by Crippen LogP contribution is 2.15. The van der Waals surface area contributed by atoms with Gasteiger partial charge in [-0.3, -0.25) is 0 Å². The van der Waals surface area contributed by atoms with Crippen LogP contribution in [0, 0.1) is 0 Å². The molecule has 0 spiro atoms. The van der Waals surface area contributed by atoms with E-state index in [9.17, 15) is 0 Å². The second kappa shape index (κ2) is 5.18. The molecule has 2 aromatic rings. The zero-order valence-corrected chi connectivity index (χ0v) is 10.5. The standard InChI is InChI=1S/C10H12BrN5/c1-2-12-7-10-13-14-15-16(10)9-5-3-4-8(11)6-9/h3-6,12H,2,7H2,1H3. The van der Waals surface area contributed by atoms with E-state index in [1.165, 1.54) is 0 Å². The van der Waals surface area contributed by atoms with Crippen LogP contribution in [0.3, 0.4) is 0 Å². The monoisotopic (exact) mass is 281 g/mol. The summed E-state index contributed by atoms with van der Waals surface area (Å²) in [6.45, 7) is 3.61. The topological polar surface area (TPSA) is 55.6 Å². The minimum Gasteiger partial charge on any atom is -0.310 e. The van der Waals surface area contributed by atoms with Gasteiger partial charge in [0.05, 0.1) is 12.2 Å². The Morgan fingerprint density at radius 2 is 2.31 bits per heavy atom. The van der Waals surface area contributed by atoms with Crippen LogP contribution < -0.4 is 5.32 Å². The van der Waals surface area contributed by atoms with Crippen LogP contribution >= 0.6 is 15.9 Å². The molecule has 6 heteroatoms. The Balaban J connectivity index is 2.29. The van der Waals surface area contributed by atoms with Crippen molar-refractivity contribution in [2.75, 3.05) is 6.54 Å². The lowest BCUT2D eigenvalue weighted by Gasteiger charge is -2.04. The summed E-state index contributed by atoms with van der Waals surface area (Å²) in [5.74, 6) is 0.806. The third-order valence-electron chi connectivity index (χ3n) is 2.12. The van der Waals surface area contributed by atoms with Crippen molar-refractivity contribution in [3.63, 3.8) is 0 Å². The summed E-state index contributed by atoms with van der Waals surface area (Å²) >= 11 is 3.43. The van der Waals surface area contributed by atoms with Crippen LogP contribution in [0.2, 0.25) is 0 Å². The summed E-state index contributed by atoms with van der Waals surface area (Å²) in [5.41, 5.74) is 0.951. The zero-order valence-electron chi connectivity index (χ0n) is 8.89. The molecule has 1 N–H and O–H groups in total. The second-order valence-electron chi connectivity index (χ2n) is 3.27. The highest BCUT2D eigenvalue weighted by molar-refractivity contribution is 9.10. The van der Waals surface area contributed by atoms with Gasteiger partial charge in [-0.25, -0.2) is 0 Å². The van der Waals surface area contributed by atoms with E-state index < -0.39 is 0 Å². The van der Waals surface area contributed by atoms with Gasteiger partial charge >= 0.3 is 0 Å². The molecule has 0 aliphatic rings. The molecule has 5 nitrogen and oxygen atoms in total. The summed E-state index contributed by atoms with van der Waals surface area (Å²) in [6.07, 6.45) is 0. The molecule has 0 unspecified atom stereocenters. The smallest absolute Gasteiger partial charge is 0.170 e. The van der Waals surface area contributed by atoms with Gasteiger partial charge in [0.25, 0.3) is 0 Å². The zero-order chi connectivity index (χ0) is 11.4. The fourth-order valence-corrected chi connectivity index (χ4v) is 1.75. The van der Waals surface area contributed by atoms with Crippen molar-refractivity contribution < 1.29 is 0 Å². The van der Waals surface area contributed by atoms with E-state index in [0.717, 1.165) is 22.5 Å². The normalized spacial score (nSPS) is 10.6. The first-order chi connectivity index (χ1) is 7.81. The fraction of sp³-hybridized carbons (Fsp3) is 0.300. The van der Waals surface area contributed by atoms with E-state index in [2.05, 4.69) is 36.8 Å². The maximum absolute atomic E-state index is 3.98. The third-order valence-corrected chi connectivity index (χ3v) is 2.61. The average Bonchev–Trinajstić information content (AvgIpc) is 2.74. The van der Waals surface area contributed by atoms with E-state index in [0.29, 0.717) is 6.54 Å². The predicted molar refractivity (Wildman–Crippen MR) is 64.2 cm³/mol. The Morgan fingerprint density at radius 1 is 1.44 bits per heavy atom.